The summed E-state index contributed by atoms with van der Waals surface area (Å²) >= 11 is 0. The maximum absolute atomic E-state index is 11.4. The molecule has 0 saturated heterocycles. The lowest BCUT2D eigenvalue weighted by atomic mass is 10.1. The van der Waals surface area contributed by atoms with Crippen molar-refractivity contribution in [1.82, 2.24) is 20.5 Å². The molecule has 0 aliphatic rings. The van der Waals surface area contributed by atoms with Gasteiger partial charge in [-0.3, -0.25) is 9.89 Å². The fraction of sp³-hybridized carbons (Fsp3) is 0.625. The highest BCUT2D eigenvalue weighted by molar-refractivity contribution is 5.90. The Kier molecular flexibility index (Phi) is 3.58. The van der Waals surface area contributed by atoms with Crippen molar-refractivity contribution in [1.29, 1.82) is 0 Å². The largest absolute Gasteiger partial charge is 0.394 e. The van der Waals surface area contributed by atoms with Gasteiger partial charge in [-0.25, -0.2) is 4.98 Å². The molecule has 0 unspecified atom stereocenters. The molecule has 0 saturated carbocycles. The third kappa shape index (κ3) is 2.53. The summed E-state index contributed by atoms with van der Waals surface area (Å²) in [5, 5.41) is 17.6. The van der Waals surface area contributed by atoms with Gasteiger partial charge in [-0.2, -0.15) is 5.10 Å². The molecular formula is C8H14N4O2. The third-order valence-electron chi connectivity index (χ3n) is 1.95. The Balaban J connectivity index is 2.56. The van der Waals surface area contributed by atoms with Crippen molar-refractivity contribution in [3.05, 3.63) is 12.2 Å². The summed E-state index contributed by atoms with van der Waals surface area (Å²) in [7, 11) is 0. The minimum Gasteiger partial charge on any atom is -0.394 e. The van der Waals surface area contributed by atoms with Crippen LogP contribution < -0.4 is 5.32 Å². The van der Waals surface area contributed by atoms with E-state index < -0.39 is 0 Å². The van der Waals surface area contributed by atoms with Gasteiger partial charge < -0.3 is 10.4 Å². The van der Waals surface area contributed by atoms with Crippen LogP contribution in [0.3, 0.4) is 0 Å². The number of aliphatic hydroxyl groups excluding tert-OH is 1. The standard InChI is InChI=1S/C8H14N4O2/c1-5(2)6(3-13)11-8(14)7-9-4-10-12-7/h4-6,13H,3H2,1-2H3,(H,11,14)(H,9,10,12)/t6-/m1/s1. The van der Waals surface area contributed by atoms with Crippen molar-refractivity contribution in [2.24, 2.45) is 5.92 Å². The van der Waals surface area contributed by atoms with Crippen LogP contribution in [0.1, 0.15) is 24.5 Å². The minimum atomic E-state index is -0.352. The Hall–Kier alpha value is -1.43. The van der Waals surface area contributed by atoms with Gasteiger partial charge in [0.05, 0.1) is 12.6 Å². The second-order valence-electron chi connectivity index (χ2n) is 3.34. The Morgan fingerprint density at radius 2 is 2.43 bits per heavy atom. The Labute approximate surface area is 81.7 Å². The van der Waals surface area contributed by atoms with E-state index in [4.69, 9.17) is 5.11 Å². The fourth-order valence-corrected chi connectivity index (χ4v) is 0.975. The average molecular weight is 198 g/mol. The number of hydrogen-bond acceptors (Lipinski definition) is 4. The summed E-state index contributed by atoms with van der Waals surface area (Å²) in [4.78, 5) is 15.1. The summed E-state index contributed by atoms with van der Waals surface area (Å²) in [5.41, 5.74) is 0. The molecule has 1 rings (SSSR count). The fourth-order valence-electron chi connectivity index (χ4n) is 0.975. The second-order valence-corrected chi connectivity index (χ2v) is 3.34. The van der Waals surface area contributed by atoms with Crippen LogP contribution >= 0.6 is 0 Å². The summed E-state index contributed by atoms with van der Waals surface area (Å²) in [6.45, 7) is 3.75. The van der Waals surface area contributed by atoms with Crippen molar-refractivity contribution in [2.45, 2.75) is 19.9 Å². The maximum atomic E-state index is 11.4. The molecule has 6 nitrogen and oxygen atoms in total. The van der Waals surface area contributed by atoms with Crippen LogP contribution in [0.5, 0.6) is 0 Å². The average Bonchev–Trinajstić information content (AvgIpc) is 2.65. The van der Waals surface area contributed by atoms with Crippen LogP contribution in [0.2, 0.25) is 0 Å². The van der Waals surface area contributed by atoms with Crippen LogP contribution in [-0.4, -0.2) is 38.8 Å². The van der Waals surface area contributed by atoms with E-state index >= 15 is 0 Å². The van der Waals surface area contributed by atoms with Gasteiger partial charge in [-0.15, -0.1) is 0 Å². The zero-order chi connectivity index (χ0) is 10.6. The molecule has 1 aromatic rings. The molecule has 14 heavy (non-hydrogen) atoms. The number of rotatable bonds is 4. The number of nitrogens with one attached hydrogen (secondary N) is 2. The van der Waals surface area contributed by atoms with Gasteiger partial charge in [-0.05, 0) is 5.92 Å². The summed E-state index contributed by atoms with van der Waals surface area (Å²) in [6.07, 6.45) is 1.26. The Morgan fingerprint density at radius 1 is 1.71 bits per heavy atom. The number of nitrogens with zero attached hydrogens (tertiary/aromatic N) is 2. The van der Waals surface area contributed by atoms with Gasteiger partial charge in [0.1, 0.15) is 6.33 Å². The van der Waals surface area contributed by atoms with Gasteiger partial charge in [0, 0.05) is 0 Å². The zero-order valence-corrected chi connectivity index (χ0v) is 8.19. The first-order chi connectivity index (χ1) is 6.65. The number of carbonyl (C=O) groups is 1. The van der Waals surface area contributed by atoms with E-state index in [0.717, 1.165) is 0 Å². The van der Waals surface area contributed by atoms with E-state index in [0.29, 0.717) is 0 Å². The number of carbonyl (C=O) groups excluding carboxylic acids is 1. The lowest BCUT2D eigenvalue weighted by molar-refractivity contribution is 0.0886. The van der Waals surface area contributed by atoms with Crippen molar-refractivity contribution in [3.63, 3.8) is 0 Å². The van der Waals surface area contributed by atoms with Crippen LogP contribution in [0, 0.1) is 5.92 Å². The first kappa shape index (κ1) is 10.6. The van der Waals surface area contributed by atoms with Crippen LogP contribution in [0.15, 0.2) is 6.33 Å². The third-order valence-corrected chi connectivity index (χ3v) is 1.95. The topological polar surface area (TPSA) is 90.9 Å². The SMILES string of the molecule is CC(C)[C@@H](CO)NC(=O)c1ncn[nH]1. The molecule has 0 radical (unpaired) electrons. The Bertz CT molecular complexity index is 284. The van der Waals surface area contributed by atoms with Gasteiger partial charge in [-0.1, -0.05) is 13.8 Å². The van der Waals surface area contributed by atoms with Crippen LogP contribution in [-0.2, 0) is 0 Å². The number of aliphatic hydroxyl groups is 1. The molecule has 6 heteroatoms. The molecular weight excluding hydrogens is 184 g/mol. The van der Waals surface area contributed by atoms with E-state index in [1.54, 1.807) is 0 Å². The van der Waals surface area contributed by atoms with Crippen molar-refractivity contribution in [2.75, 3.05) is 6.61 Å². The van der Waals surface area contributed by atoms with E-state index in [9.17, 15) is 4.79 Å². The second kappa shape index (κ2) is 4.71. The van der Waals surface area contributed by atoms with E-state index in [-0.39, 0.29) is 30.3 Å². The minimum absolute atomic E-state index is 0.0858. The molecule has 78 valence electrons. The van der Waals surface area contributed by atoms with Crippen LogP contribution in [0.25, 0.3) is 0 Å². The van der Waals surface area contributed by atoms with Gasteiger partial charge in [0.25, 0.3) is 5.91 Å². The highest BCUT2D eigenvalue weighted by Gasteiger charge is 2.17. The van der Waals surface area contributed by atoms with E-state index in [1.807, 2.05) is 13.8 Å². The first-order valence-electron chi connectivity index (χ1n) is 4.42. The monoisotopic (exact) mass is 198 g/mol. The predicted molar refractivity (Wildman–Crippen MR) is 49.6 cm³/mol. The smallest absolute Gasteiger partial charge is 0.288 e. The van der Waals surface area contributed by atoms with E-state index in [1.165, 1.54) is 6.33 Å². The normalized spacial score (nSPS) is 12.9. The number of H-pyrrole nitrogens is 1. The number of aromatic amines is 1. The molecule has 0 aliphatic carbocycles. The summed E-state index contributed by atoms with van der Waals surface area (Å²) in [6, 6.07) is -0.257. The number of hydrogen-bond donors (Lipinski definition) is 3. The molecule has 1 heterocycles. The highest BCUT2D eigenvalue weighted by atomic mass is 16.3. The predicted octanol–water partition coefficient (Wildman–Crippen LogP) is -0.449. The molecule has 0 aromatic carbocycles. The van der Waals surface area contributed by atoms with Gasteiger partial charge in [0.2, 0.25) is 5.82 Å². The van der Waals surface area contributed by atoms with Crippen molar-refractivity contribution < 1.29 is 9.90 Å². The zero-order valence-electron chi connectivity index (χ0n) is 8.19. The molecule has 0 spiro atoms. The number of amides is 1. The van der Waals surface area contributed by atoms with Crippen molar-refractivity contribution in [3.8, 4) is 0 Å². The molecule has 1 atom stereocenters. The maximum Gasteiger partial charge on any atom is 0.288 e. The number of aromatic nitrogens is 3. The lowest BCUT2D eigenvalue weighted by Gasteiger charge is -2.18. The van der Waals surface area contributed by atoms with Gasteiger partial charge in [0.15, 0.2) is 0 Å². The van der Waals surface area contributed by atoms with E-state index in [2.05, 4.69) is 20.5 Å². The summed E-state index contributed by atoms with van der Waals surface area (Å²) in [5.74, 6) is -0.0220. The van der Waals surface area contributed by atoms with Crippen molar-refractivity contribution >= 4 is 5.91 Å². The van der Waals surface area contributed by atoms with Gasteiger partial charge >= 0.3 is 0 Å². The first-order valence-corrected chi connectivity index (χ1v) is 4.42. The lowest BCUT2D eigenvalue weighted by Crippen LogP contribution is -2.41. The molecule has 0 fully saturated rings. The molecule has 1 amide bonds. The molecule has 1 aromatic heterocycles. The molecule has 0 bridgehead atoms. The van der Waals surface area contributed by atoms with Crippen LogP contribution in [0.4, 0.5) is 0 Å². The molecule has 0 aliphatic heterocycles. The molecule has 3 N–H and O–H groups in total. The quantitative estimate of drug-likeness (QED) is 0.611. The Morgan fingerprint density at radius 3 is 2.86 bits per heavy atom. The summed E-state index contributed by atoms with van der Waals surface area (Å²) < 4.78 is 0. The highest BCUT2D eigenvalue weighted by Crippen LogP contribution is 2.01.